The highest BCUT2D eigenvalue weighted by molar-refractivity contribution is 6.21. The van der Waals surface area contributed by atoms with Crippen molar-refractivity contribution in [1.82, 2.24) is 14.8 Å². The van der Waals surface area contributed by atoms with Crippen LogP contribution in [0.25, 0.3) is 0 Å². The molecule has 0 radical (unpaired) electrons. The first-order valence-electron chi connectivity index (χ1n) is 8.30. The van der Waals surface area contributed by atoms with Crippen molar-refractivity contribution in [1.29, 1.82) is 0 Å². The Labute approximate surface area is 160 Å². The van der Waals surface area contributed by atoms with Crippen molar-refractivity contribution in [3.05, 3.63) is 47.3 Å². The van der Waals surface area contributed by atoms with Gasteiger partial charge in [0.2, 0.25) is 0 Å². The Morgan fingerprint density at radius 3 is 2.18 bits per heavy atom. The van der Waals surface area contributed by atoms with Crippen LogP contribution >= 0.6 is 0 Å². The first kappa shape index (κ1) is 19.1. The summed E-state index contributed by atoms with van der Waals surface area (Å²) in [5, 5.41) is 6.70. The van der Waals surface area contributed by atoms with Crippen molar-refractivity contribution >= 4 is 29.6 Å². The number of benzene rings is 1. The van der Waals surface area contributed by atoms with E-state index in [-0.39, 0.29) is 22.5 Å². The molecule has 1 aromatic heterocycles. The largest absolute Gasteiger partial charge is 0.444 e. The van der Waals surface area contributed by atoms with Gasteiger partial charge in [-0.15, -0.1) is 0 Å². The van der Waals surface area contributed by atoms with Crippen LogP contribution in [-0.4, -0.2) is 44.3 Å². The van der Waals surface area contributed by atoms with E-state index in [0.29, 0.717) is 5.06 Å². The van der Waals surface area contributed by atoms with Crippen molar-refractivity contribution in [3.63, 3.8) is 0 Å². The van der Waals surface area contributed by atoms with Gasteiger partial charge < -0.3 is 9.57 Å². The van der Waals surface area contributed by atoms with Crippen LogP contribution in [0.2, 0.25) is 0 Å². The lowest BCUT2D eigenvalue weighted by atomic mass is 10.1. The highest BCUT2D eigenvalue weighted by atomic mass is 16.7. The predicted octanol–water partition coefficient (Wildman–Crippen LogP) is 2.14. The molecule has 0 atom stereocenters. The topological polar surface area (TPSA) is 120 Å². The third kappa shape index (κ3) is 3.70. The smallest absolute Gasteiger partial charge is 0.412 e. The molecule has 28 heavy (non-hydrogen) atoms. The Balaban J connectivity index is 1.78. The van der Waals surface area contributed by atoms with Crippen LogP contribution in [0.4, 0.5) is 10.5 Å². The highest BCUT2D eigenvalue weighted by Crippen LogP contribution is 2.24. The lowest BCUT2D eigenvalue weighted by molar-refractivity contribution is -0.0588. The van der Waals surface area contributed by atoms with E-state index in [2.05, 4.69) is 10.4 Å². The lowest BCUT2D eigenvalue weighted by Gasteiger charge is -2.19. The fraction of sp³-hybridized carbons (Fsp3) is 0.278. The molecular formula is C18H18N4O6. The van der Waals surface area contributed by atoms with Crippen LogP contribution in [0.5, 0.6) is 0 Å². The molecule has 1 aliphatic rings. The van der Waals surface area contributed by atoms with Gasteiger partial charge in [-0.3, -0.25) is 19.6 Å². The Bertz CT molecular complexity index is 953. The standard InChI is InChI=1S/C18H18N4O6/c1-18(2,3)27-17(26)19-12-9-21(4)20-13(12)16(25)28-22-14(23)10-7-5-6-8-11(10)15(22)24/h5-9H,1-4H3,(H,19,26). The maximum Gasteiger partial charge on any atom is 0.412 e. The van der Waals surface area contributed by atoms with Crippen molar-refractivity contribution < 1.29 is 28.8 Å². The summed E-state index contributed by atoms with van der Waals surface area (Å²) in [6, 6.07) is 6.10. The number of carbonyl (C=O) groups excluding carboxylic acids is 4. The SMILES string of the molecule is Cn1cc(NC(=O)OC(C)(C)C)c(C(=O)ON2C(=O)c3ccccc3C2=O)n1. The van der Waals surface area contributed by atoms with Crippen LogP contribution in [0.1, 0.15) is 52.0 Å². The number of hydroxylamine groups is 2. The molecule has 2 aromatic rings. The maximum atomic E-state index is 12.5. The Morgan fingerprint density at radius 1 is 1.07 bits per heavy atom. The quantitative estimate of drug-likeness (QED) is 0.802. The van der Waals surface area contributed by atoms with Crippen molar-refractivity contribution in [2.24, 2.45) is 7.05 Å². The summed E-state index contributed by atoms with van der Waals surface area (Å²) in [5.74, 6) is -2.60. The molecule has 0 saturated carbocycles. The molecular weight excluding hydrogens is 368 g/mol. The van der Waals surface area contributed by atoms with Crippen molar-refractivity contribution in [3.8, 4) is 0 Å². The summed E-state index contributed by atoms with van der Waals surface area (Å²) in [7, 11) is 1.53. The Kier molecular flexibility index (Phi) is 4.63. The van der Waals surface area contributed by atoms with Gasteiger partial charge >= 0.3 is 12.1 Å². The maximum absolute atomic E-state index is 12.5. The van der Waals surface area contributed by atoms with Crippen LogP contribution in [0.15, 0.2) is 30.5 Å². The average molecular weight is 386 g/mol. The predicted molar refractivity (Wildman–Crippen MR) is 95.4 cm³/mol. The molecule has 3 rings (SSSR count). The highest BCUT2D eigenvalue weighted by Gasteiger charge is 2.39. The number of imide groups is 1. The van der Waals surface area contributed by atoms with Gasteiger partial charge in [0.1, 0.15) is 5.60 Å². The number of carbonyl (C=O) groups is 4. The van der Waals surface area contributed by atoms with Gasteiger partial charge in [0.05, 0.1) is 16.8 Å². The summed E-state index contributed by atoms with van der Waals surface area (Å²) < 4.78 is 6.41. The summed E-state index contributed by atoms with van der Waals surface area (Å²) in [5.41, 5.74) is -0.752. The van der Waals surface area contributed by atoms with E-state index in [1.807, 2.05) is 0 Å². The fourth-order valence-corrected chi connectivity index (χ4v) is 2.52. The molecule has 0 saturated heterocycles. The van der Waals surface area contributed by atoms with E-state index in [0.717, 1.165) is 0 Å². The molecule has 1 aliphatic heterocycles. The molecule has 0 aliphatic carbocycles. The molecule has 1 aromatic carbocycles. The molecule has 0 spiro atoms. The van der Waals surface area contributed by atoms with Gasteiger partial charge in [0.15, 0.2) is 5.69 Å². The zero-order chi connectivity index (χ0) is 20.6. The number of nitrogens with one attached hydrogen (secondary N) is 1. The molecule has 3 amide bonds. The first-order valence-corrected chi connectivity index (χ1v) is 8.30. The average Bonchev–Trinajstić information content (AvgIpc) is 3.06. The fourth-order valence-electron chi connectivity index (χ4n) is 2.52. The molecule has 10 heteroatoms. The molecule has 2 heterocycles. The minimum absolute atomic E-state index is 0.0124. The zero-order valence-corrected chi connectivity index (χ0v) is 15.7. The minimum atomic E-state index is -1.08. The number of anilines is 1. The van der Waals surface area contributed by atoms with E-state index in [9.17, 15) is 19.2 Å². The van der Waals surface area contributed by atoms with Crippen molar-refractivity contribution in [2.75, 3.05) is 5.32 Å². The van der Waals surface area contributed by atoms with Gasteiger partial charge in [-0.2, -0.15) is 5.10 Å². The van der Waals surface area contributed by atoms with Crippen LogP contribution in [0.3, 0.4) is 0 Å². The van der Waals surface area contributed by atoms with E-state index >= 15 is 0 Å². The van der Waals surface area contributed by atoms with E-state index < -0.39 is 29.5 Å². The van der Waals surface area contributed by atoms with Crippen LogP contribution in [-0.2, 0) is 16.6 Å². The molecule has 0 fully saturated rings. The number of hydrogen-bond acceptors (Lipinski definition) is 7. The monoisotopic (exact) mass is 386 g/mol. The number of rotatable bonds is 3. The number of amides is 3. The molecule has 146 valence electrons. The lowest BCUT2D eigenvalue weighted by Crippen LogP contribution is -2.33. The van der Waals surface area contributed by atoms with Gasteiger partial charge in [-0.1, -0.05) is 17.2 Å². The van der Waals surface area contributed by atoms with Gasteiger partial charge in [-0.25, -0.2) is 9.59 Å². The third-order valence-electron chi connectivity index (χ3n) is 3.59. The van der Waals surface area contributed by atoms with E-state index in [4.69, 9.17) is 9.57 Å². The minimum Gasteiger partial charge on any atom is -0.444 e. The zero-order valence-electron chi connectivity index (χ0n) is 15.7. The van der Waals surface area contributed by atoms with Gasteiger partial charge in [0.25, 0.3) is 11.8 Å². The second kappa shape index (κ2) is 6.80. The van der Waals surface area contributed by atoms with Gasteiger partial charge in [0, 0.05) is 13.2 Å². The Hall–Kier alpha value is -3.69. The summed E-state index contributed by atoms with van der Waals surface area (Å²) in [6.45, 7) is 5.06. The molecule has 1 N–H and O–H groups in total. The number of nitrogens with zero attached hydrogens (tertiary/aromatic N) is 3. The number of aromatic nitrogens is 2. The normalized spacial score (nSPS) is 13.4. The Morgan fingerprint density at radius 2 is 1.64 bits per heavy atom. The summed E-state index contributed by atoms with van der Waals surface area (Å²) in [4.78, 5) is 54.1. The van der Waals surface area contributed by atoms with Gasteiger partial charge in [-0.05, 0) is 32.9 Å². The third-order valence-corrected chi connectivity index (χ3v) is 3.59. The number of hydrogen-bond donors (Lipinski definition) is 1. The van der Waals surface area contributed by atoms with E-state index in [1.54, 1.807) is 32.9 Å². The second-order valence-electron chi connectivity index (χ2n) is 7.02. The van der Waals surface area contributed by atoms with E-state index in [1.165, 1.54) is 30.1 Å². The summed E-state index contributed by atoms with van der Waals surface area (Å²) in [6.07, 6.45) is 0.568. The number of fused-ring (bicyclic) bond motifs is 1. The second-order valence-corrected chi connectivity index (χ2v) is 7.02. The number of ether oxygens (including phenoxy) is 1. The molecule has 0 unspecified atom stereocenters. The molecule has 10 nitrogen and oxygen atoms in total. The van der Waals surface area contributed by atoms with Crippen LogP contribution < -0.4 is 5.32 Å². The van der Waals surface area contributed by atoms with Crippen LogP contribution in [0, 0.1) is 0 Å². The number of aryl methyl sites for hydroxylation is 1. The summed E-state index contributed by atoms with van der Waals surface area (Å²) >= 11 is 0. The first-order chi connectivity index (χ1) is 13.1. The molecule has 0 bridgehead atoms. The van der Waals surface area contributed by atoms with Crippen molar-refractivity contribution in [2.45, 2.75) is 26.4 Å².